The molecule has 0 aliphatic heterocycles. The summed E-state index contributed by atoms with van der Waals surface area (Å²) in [5.74, 6) is 4.14. The molecule has 1 amide bonds. The number of fused-ring (bicyclic) bond motifs is 2. The highest BCUT2D eigenvalue weighted by Gasteiger charge is 2.86. The Morgan fingerprint density at radius 2 is 1.01 bits per heavy atom. The average Bonchev–Trinajstić information content (AvgIpc) is 1.46. The van der Waals surface area contributed by atoms with Crippen molar-refractivity contribution in [2.45, 2.75) is 166 Å². The summed E-state index contributed by atoms with van der Waals surface area (Å²) in [7, 11) is -7.98. The Kier molecular flexibility index (Phi) is 17.9. The maximum atomic E-state index is 13.0. The van der Waals surface area contributed by atoms with Gasteiger partial charge < -0.3 is 25.2 Å². The SMILES string of the molecule is CC1(C)CCC(CCCNc2cccc(S(N)(=O)=O)n2)C1.CC1(C)CC[C@@H](CCCNc2cccc(S(=O)(=O)NC(=O)c3ccc(-n4ccc(OCCC5C6(CC6)C56CC6)n4)nc3Cl)n2)C1.O=C(O)c1ccc(-n2ccc(OCCC3C4(CC4)C34CC4)n2)nc1Cl. The third-order valence-electron chi connectivity index (χ3n) is 21.3. The number of aromatic carboxylic acids is 1. The van der Waals surface area contributed by atoms with Gasteiger partial charge in [-0.1, -0.05) is 63.0 Å². The van der Waals surface area contributed by atoms with Crippen molar-refractivity contribution in [3.63, 3.8) is 0 Å². The van der Waals surface area contributed by atoms with Crippen LogP contribution in [0.25, 0.3) is 11.6 Å². The van der Waals surface area contributed by atoms with E-state index in [-0.39, 0.29) is 31.5 Å². The minimum atomic E-state index is -4.25. The predicted molar refractivity (Wildman–Crippen MR) is 346 cm³/mol. The van der Waals surface area contributed by atoms with Crippen LogP contribution in [0.1, 0.15) is 177 Å². The molecule has 8 fully saturated rings. The van der Waals surface area contributed by atoms with Crippen LogP contribution in [-0.4, -0.2) is 99.6 Å². The molecule has 6 heterocycles. The van der Waals surface area contributed by atoms with E-state index in [4.69, 9.17) is 42.9 Å². The van der Waals surface area contributed by atoms with Crippen molar-refractivity contribution in [2.75, 3.05) is 36.9 Å². The minimum Gasteiger partial charge on any atom is -0.478 e. The molecule has 0 bridgehead atoms. The van der Waals surface area contributed by atoms with Gasteiger partial charge in [0.05, 0.1) is 24.3 Å². The van der Waals surface area contributed by atoms with Crippen LogP contribution in [0.5, 0.6) is 11.8 Å². The summed E-state index contributed by atoms with van der Waals surface area (Å²) < 4.78 is 65.4. The first-order chi connectivity index (χ1) is 43.3. The van der Waals surface area contributed by atoms with Crippen molar-refractivity contribution in [1.82, 2.24) is 44.2 Å². The molecule has 0 saturated heterocycles. The molecule has 14 rings (SSSR count). The van der Waals surface area contributed by atoms with Crippen molar-refractivity contribution in [2.24, 2.45) is 61.3 Å². The van der Waals surface area contributed by atoms with E-state index < -0.39 is 31.9 Å². The number of hydrogen-bond donors (Lipinski definition) is 5. The molecule has 8 saturated carbocycles. The zero-order valence-electron chi connectivity index (χ0n) is 52.3. The van der Waals surface area contributed by atoms with Gasteiger partial charge in [-0.2, -0.15) is 8.42 Å². The number of rotatable bonds is 25. The third kappa shape index (κ3) is 14.4. The molecule has 6 aromatic heterocycles. The fourth-order valence-electron chi connectivity index (χ4n) is 16.2. The highest BCUT2D eigenvalue weighted by Crippen LogP contribution is 2.94. The van der Waals surface area contributed by atoms with Crippen LogP contribution < -0.4 is 30.0 Å². The Labute approximate surface area is 543 Å². The monoisotopic (exact) mass is 1320 g/mol. The number of carbonyl (C=O) groups excluding carboxylic acids is 1. The molecule has 0 radical (unpaired) electrons. The van der Waals surface area contributed by atoms with Crippen LogP contribution in [0.2, 0.25) is 10.3 Å². The molecule has 6 aromatic rings. The zero-order chi connectivity index (χ0) is 64.2. The van der Waals surface area contributed by atoms with Crippen LogP contribution in [0, 0.1) is 56.2 Å². The predicted octanol–water partition coefficient (Wildman–Crippen LogP) is 12.7. The fraction of sp³-hybridized carbons (Fsp3) is 0.576. The number of ether oxygens (including phenoxy) is 2. The number of pyridine rings is 4. The zero-order valence-corrected chi connectivity index (χ0v) is 55.4. The molecular formula is C66H84Cl2N12O9S2. The normalized spacial score (nSPS) is 21.7. The second-order valence-electron chi connectivity index (χ2n) is 28.4. The smallest absolute Gasteiger partial charge is 0.338 e. The number of halogens is 2. The number of primary sulfonamides is 1. The van der Waals surface area contributed by atoms with Crippen LogP contribution in [0.4, 0.5) is 11.6 Å². The number of carboxylic acids is 1. The highest BCUT2D eigenvalue weighted by molar-refractivity contribution is 7.90. The number of anilines is 2. The summed E-state index contributed by atoms with van der Waals surface area (Å²) in [6.07, 6.45) is 29.0. The maximum absolute atomic E-state index is 13.0. The van der Waals surface area contributed by atoms with Gasteiger partial charge in [0.1, 0.15) is 21.9 Å². The Balaban J connectivity index is 0.000000146. The maximum Gasteiger partial charge on any atom is 0.338 e. The summed E-state index contributed by atoms with van der Waals surface area (Å²) >= 11 is 12.2. The van der Waals surface area contributed by atoms with Crippen molar-refractivity contribution in [1.29, 1.82) is 0 Å². The summed E-state index contributed by atoms with van der Waals surface area (Å²) in [6, 6.07) is 19.0. The van der Waals surface area contributed by atoms with Crippen molar-refractivity contribution in [3.05, 3.63) is 107 Å². The molecule has 6 N–H and O–H groups in total. The van der Waals surface area contributed by atoms with E-state index >= 15 is 0 Å². The number of nitrogens with zero attached hydrogens (tertiary/aromatic N) is 8. The highest BCUT2D eigenvalue weighted by atomic mass is 35.5. The van der Waals surface area contributed by atoms with Gasteiger partial charge in [-0.3, -0.25) is 4.79 Å². The van der Waals surface area contributed by atoms with E-state index in [1.54, 1.807) is 60.9 Å². The van der Waals surface area contributed by atoms with E-state index in [9.17, 15) is 26.4 Å². The van der Waals surface area contributed by atoms with E-state index in [1.165, 1.54) is 130 Å². The van der Waals surface area contributed by atoms with Gasteiger partial charge in [0.2, 0.25) is 11.8 Å². The molecule has 8 aliphatic carbocycles. The molecule has 2 atom stereocenters. The number of aromatic nitrogens is 8. The topological polar surface area (TPSA) is 290 Å². The Bertz CT molecular complexity index is 3880. The molecular weight excluding hydrogens is 1240 g/mol. The number of carboxylic acid groups (broad SMARTS) is 1. The molecule has 25 heteroatoms. The van der Waals surface area contributed by atoms with Gasteiger partial charge in [0.15, 0.2) is 21.7 Å². The lowest BCUT2D eigenvalue weighted by atomic mass is 9.89. The number of sulfonamides is 2. The lowest BCUT2D eigenvalue weighted by Crippen LogP contribution is -2.31. The molecule has 4 spiro atoms. The van der Waals surface area contributed by atoms with Gasteiger partial charge in [-0.15, -0.1) is 10.2 Å². The largest absolute Gasteiger partial charge is 0.478 e. The van der Waals surface area contributed by atoms with E-state index in [2.05, 4.69) is 73.2 Å². The summed E-state index contributed by atoms with van der Waals surface area (Å²) in [6.45, 7) is 12.2. The lowest BCUT2D eigenvalue weighted by Gasteiger charge is -2.17. The fourth-order valence-corrected chi connectivity index (χ4v) is 18.1. The molecule has 91 heavy (non-hydrogen) atoms. The average molecular weight is 1320 g/mol. The van der Waals surface area contributed by atoms with E-state index in [0.717, 1.165) is 62.3 Å². The lowest BCUT2D eigenvalue weighted by molar-refractivity contribution is 0.0696. The number of amides is 1. The van der Waals surface area contributed by atoms with Gasteiger partial charge in [0, 0.05) is 37.6 Å². The first-order valence-corrected chi connectivity index (χ1v) is 36.1. The molecule has 0 aromatic carbocycles. The van der Waals surface area contributed by atoms with Crippen LogP contribution in [0.15, 0.2) is 95.2 Å². The van der Waals surface area contributed by atoms with E-state index in [0.29, 0.717) is 87.3 Å². The summed E-state index contributed by atoms with van der Waals surface area (Å²) in [5.41, 5.74) is 3.57. The van der Waals surface area contributed by atoms with Crippen molar-refractivity contribution >= 4 is 66.8 Å². The number of hydrogen-bond acceptors (Lipinski definition) is 16. The number of nitrogens with one attached hydrogen (secondary N) is 3. The van der Waals surface area contributed by atoms with Crippen LogP contribution in [0.3, 0.4) is 0 Å². The summed E-state index contributed by atoms with van der Waals surface area (Å²) in [5, 5.41) is 28.7. The van der Waals surface area contributed by atoms with Gasteiger partial charge in [-0.25, -0.2) is 52.4 Å². The first-order valence-electron chi connectivity index (χ1n) is 32.3. The van der Waals surface area contributed by atoms with Gasteiger partial charge in [0.25, 0.3) is 26.0 Å². The quantitative estimate of drug-likeness (QED) is 0.0263. The molecule has 8 aliphatic rings. The van der Waals surface area contributed by atoms with Crippen LogP contribution >= 0.6 is 23.2 Å². The third-order valence-corrected chi connectivity index (χ3v) is 23.9. The molecule has 1 unspecified atom stereocenters. The number of nitrogens with two attached hydrogens (primary N) is 1. The van der Waals surface area contributed by atoms with Crippen molar-refractivity contribution < 1.29 is 41.0 Å². The molecule has 488 valence electrons. The summed E-state index contributed by atoms with van der Waals surface area (Å²) in [4.78, 5) is 40.5. The van der Waals surface area contributed by atoms with Gasteiger partial charge in [-0.05, 0) is 233 Å². The Hall–Kier alpha value is -6.40. The number of carbonyl (C=O) groups is 2. The van der Waals surface area contributed by atoms with Crippen molar-refractivity contribution in [3.8, 4) is 23.4 Å². The second-order valence-corrected chi connectivity index (χ2v) is 32.3. The van der Waals surface area contributed by atoms with Gasteiger partial charge >= 0.3 is 5.97 Å². The molecule has 21 nitrogen and oxygen atoms in total. The second kappa shape index (κ2) is 25.1. The van der Waals surface area contributed by atoms with E-state index in [1.807, 2.05) is 0 Å². The minimum absolute atomic E-state index is 0.0264. The Morgan fingerprint density at radius 3 is 1.41 bits per heavy atom. The standard InChI is InChI=1S/C33H41ClN6O4S.C18H18ClN3O3.C15H25N3O2S/c1-31(2)13-10-22(21-31)5-4-18-35-25-6-3-7-28(36-25)45(42,43)39-30(41)23-8-9-26(37-29(23)34)40-19-11-27(38-40)44-20-12-24-32(14-15-32)33(24)16-17-33;19-15-11(16(23)24)1-2-13(20-15)22-9-3-14(21-22)25-10-4-12-17(5-6-17)18(12)7-8-18;1-15(2)9-8-12(11-15)5-4-10-17-13-6-3-7-14(18-13)21(16,19)20/h3,6-9,11,19,22,24H,4-5,10,12-18,20-21H2,1-2H3,(H,35,36)(H,39,41);1-3,9,12H,4-8,10H2,(H,23,24);3,6-7,12H,4-5,8-11H2,1-2H3,(H,17,18)(H2,16,19,20)/t22-;;/m1../s1. The Morgan fingerprint density at radius 1 is 0.582 bits per heavy atom. The van der Waals surface area contributed by atoms with Crippen LogP contribution in [-0.2, 0) is 20.0 Å². The first kappa shape index (κ1) is 64.7.